The molecule has 1 unspecified atom stereocenters. The predicted molar refractivity (Wildman–Crippen MR) is 119 cm³/mol. The molecule has 0 aromatic heterocycles. The van der Waals surface area contributed by atoms with Crippen LogP contribution in [0.5, 0.6) is 5.75 Å². The van der Waals surface area contributed by atoms with Crippen LogP contribution >= 0.6 is 24.0 Å². The van der Waals surface area contributed by atoms with E-state index < -0.39 is 0 Å². The fourth-order valence-corrected chi connectivity index (χ4v) is 4.06. The van der Waals surface area contributed by atoms with Crippen LogP contribution in [-0.4, -0.2) is 54.7 Å². The number of hydrogen-bond donors (Lipinski definition) is 3. The summed E-state index contributed by atoms with van der Waals surface area (Å²) in [7, 11) is 1.85. The molecule has 1 saturated heterocycles. The summed E-state index contributed by atoms with van der Waals surface area (Å²) < 4.78 is 0. The van der Waals surface area contributed by atoms with Crippen molar-refractivity contribution in [3.05, 3.63) is 29.8 Å². The summed E-state index contributed by atoms with van der Waals surface area (Å²) in [6.07, 6.45) is 8.85. The van der Waals surface area contributed by atoms with E-state index in [1.54, 1.807) is 12.1 Å². The molecule has 2 aliphatic rings. The van der Waals surface area contributed by atoms with Crippen molar-refractivity contribution in [2.45, 2.75) is 57.0 Å². The van der Waals surface area contributed by atoms with Gasteiger partial charge in [-0.15, -0.1) is 24.0 Å². The quantitative estimate of drug-likeness (QED) is 0.258. The molecule has 0 bridgehead atoms. The molecular weight excluding hydrogens is 439 g/mol. The van der Waals surface area contributed by atoms with Gasteiger partial charge >= 0.3 is 0 Å². The van der Waals surface area contributed by atoms with Crippen molar-refractivity contribution in [1.29, 1.82) is 0 Å². The van der Waals surface area contributed by atoms with E-state index in [2.05, 4.69) is 20.5 Å². The predicted octanol–water partition coefficient (Wildman–Crippen LogP) is 3.12. The highest BCUT2D eigenvalue weighted by Crippen LogP contribution is 2.26. The molecule has 146 valence electrons. The Bertz CT molecular complexity index is 557. The summed E-state index contributed by atoms with van der Waals surface area (Å²) >= 11 is 0. The first kappa shape index (κ1) is 21.3. The van der Waals surface area contributed by atoms with E-state index in [1.807, 2.05) is 19.2 Å². The van der Waals surface area contributed by atoms with Crippen LogP contribution in [0.25, 0.3) is 0 Å². The number of hydrogen-bond acceptors (Lipinski definition) is 3. The fraction of sp³-hybridized carbons (Fsp3) is 0.650. The Morgan fingerprint density at radius 3 is 2.62 bits per heavy atom. The second-order valence-electron chi connectivity index (χ2n) is 7.33. The minimum Gasteiger partial charge on any atom is -0.508 e. The molecule has 1 aliphatic carbocycles. The van der Waals surface area contributed by atoms with Gasteiger partial charge < -0.3 is 15.7 Å². The highest BCUT2D eigenvalue weighted by Gasteiger charge is 2.30. The van der Waals surface area contributed by atoms with Crippen LogP contribution in [0.1, 0.15) is 44.1 Å². The molecule has 3 rings (SSSR count). The second-order valence-corrected chi connectivity index (χ2v) is 7.33. The van der Waals surface area contributed by atoms with Gasteiger partial charge in [0.05, 0.1) is 0 Å². The fourth-order valence-electron chi connectivity index (χ4n) is 4.06. The molecule has 0 radical (unpaired) electrons. The smallest absolute Gasteiger partial charge is 0.191 e. The van der Waals surface area contributed by atoms with Gasteiger partial charge in [-0.25, -0.2) is 0 Å². The van der Waals surface area contributed by atoms with E-state index in [1.165, 1.54) is 44.2 Å². The molecule has 1 aromatic carbocycles. The Morgan fingerprint density at radius 2 is 1.92 bits per heavy atom. The third-order valence-electron chi connectivity index (χ3n) is 5.50. The summed E-state index contributed by atoms with van der Waals surface area (Å²) in [4.78, 5) is 7.04. The number of aliphatic imine (C=N–C) groups is 1. The van der Waals surface area contributed by atoms with Crippen LogP contribution in [-0.2, 0) is 6.42 Å². The maximum absolute atomic E-state index is 9.32. The lowest BCUT2D eigenvalue weighted by molar-refractivity contribution is 0.242. The SMILES string of the molecule is CN=C(NCCCc1ccc(O)cc1)NC1CCN(C2CCCC2)C1.I. The number of phenols is 1. The van der Waals surface area contributed by atoms with Crippen LogP contribution in [0, 0.1) is 0 Å². The zero-order chi connectivity index (χ0) is 17.5. The van der Waals surface area contributed by atoms with Gasteiger partial charge in [-0.05, 0) is 49.8 Å². The van der Waals surface area contributed by atoms with E-state index in [9.17, 15) is 5.11 Å². The summed E-state index contributed by atoms with van der Waals surface area (Å²) in [5, 5.41) is 16.3. The summed E-state index contributed by atoms with van der Waals surface area (Å²) in [6, 6.07) is 8.81. The maximum Gasteiger partial charge on any atom is 0.191 e. The standard InChI is InChI=1S/C20H32N4O.HI/c1-21-20(22-13-4-5-16-8-10-19(25)11-9-16)23-17-12-14-24(15-17)18-6-2-3-7-18;/h8-11,17-18,25H,2-7,12-15H2,1H3,(H2,21,22,23);1H. The van der Waals surface area contributed by atoms with Gasteiger partial charge in [-0.3, -0.25) is 9.89 Å². The number of rotatable bonds is 6. The van der Waals surface area contributed by atoms with Crippen molar-refractivity contribution in [1.82, 2.24) is 15.5 Å². The molecule has 26 heavy (non-hydrogen) atoms. The number of guanidine groups is 1. The first-order chi connectivity index (χ1) is 12.2. The largest absolute Gasteiger partial charge is 0.508 e. The van der Waals surface area contributed by atoms with Crippen molar-refractivity contribution in [2.75, 3.05) is 26.7 Å². The van der Waals surface area contributed by atoms with Crippen molar-refractivity contribution in [3.63, 3.8) is 0 Å². The molecule has 1 aliphatic heterocycles. The molecule has 1 aromatic rings. The molecule has 3 N–H and O–H groups in total. The monoisotopic (exact) mass is 472 g/mol. The number of aryl methyl sites for hydroxylation is 1. The van der Waals surface area contributed by atoms with E-state index in [0.29, 0.717) is 11.8 Å². The minimum absolute atomic E-state index is 0. The molecule has 1 saturated carbocycles. The van der Waals surface area contributed by atoms with Gasteiger partial charge in [0.2, 0.25) is 0 Å². The Kier molecular flexibility index (Phi) is 8.98. The third-order valence-corrected chi connectivity index (χ3v) is 5.50. The molecule has 1 heterocycles. The number of nitrogens with zero attached hydrogens (tertiary/aromatic N) is 2. The van der Waals surface area contributed by atoms with Crippen LogP contribution in [0.2, 0.25) is 0 Å². The van der Waals surface area contributed by atoms with E-state index in [4.69, 9.17) is 0 Å². The second kappa shape index (κ2) is 11.0. The zero-order valence-electron chi connectivity index (χ0n) is 15.8. The Hall–Kier alpha value is -1.02. The minimum atomic E-state index is 0. The summed E-state index contributed by atoms with van der Waals surface area (Å²) in [5.74, 6) is 1.25. The van der Waals surface area contributed by atoms with Crippen molar-refractivity contribution >= 4 is 29.9 Å². The van der Waals surface area contributed by atoms with Gasteiger partial charge in [-0.2, -0.15) is 0 Å². The summed E-state index contributed by atoms with van der Waals surface area (Å²) in [5.41, 5.74) is 1.26. The van der Waals surface area contributed by atoms with Crippen LogP contribution in [0.3, 0.4) is 0 Å². The number of nitrogens with one attached hydrogen (secondary N) is 2. The highest BCUT2D eigenvalue weighted by molar-refractivity contribution is 14.0. The van der Waals surface area contributed by atoms with Crippen molar-refractivity contribution in [3.8, 4) is 5.75 Å². The summed E-state index contributed by atoms with van der Waals surface area (Å²) in [6.45, 7) is 3.28. The Morgan fingerprint density at radius 1 is 1.19 bits per heavy atom. The molecule has 2 fully saturated rings. The molecule has 5 nitrogen and oxygen atoms in total. The average molecular weight is 472 g/mol. The number of aromatic hydroxyl groups is 1. The van der Waals surface area contributed by atoms with Gasteiger partial charge in [0.1, 0.15) is 5.75 Å². The Balaban J connectivity index is 0.00000243. The van der Waals surface area contributed by atoms with Gasteiger partial charge in [-0.1, -0.05) is 25.0 Å². The topological polar surface area (TPSA) is 59.9 Å². The van der Waals surface area contributed by atoms with E-state index >= 15 is 0 Å². The van der Waals surface area contributed by atoms with E-state index in [-0.39, 0.29) is 24.0 Å². The third kappa shape index (κ3) is 6.30. The number of benzene rings is 1. The van der Waals surface area contributed by atoms with Gasteiger partial charge in [0.25, 0.3) is 0 Å². The van der Waals surface area contributed by atoms with Crippen molar-refractivity contribution < 1.29 is 5.11 Å². The average Bonchev–Trinajstić information content (AvgIpc) is 3.30. The van der Waals surface area contributed by atoms with Crippen LogP contribution in [0.15, 0.2) is 29.3 Å². The van der Waals surface area contributed by atoms with E-state index in [0.717, 1.165) is 37.9 Å². The highest BCUT2D eigenvalue weighted by atomic mass is 127. The molecule has 6 heteroatoms. The number of likely N-dealkylation sites (tertiary alicyclic amines) is 1. The van der Waals surface area contributed by atoms with Crippen LogP contribution in [0.4, 0.5) is 0 Å². The van der Waals surface area contributed by atoms with Gasteiger partial charge in [0, 0.05) is 38.8 Å². The number of halogens is 1. The lowest BCUT2D eigenvalue weighted by Crippen LogP contribution is -2.45. The maximum atomic E-state index is 9.32. The number of phenolic OH excluding ortho intramolecular Hbond substituents is 1. The van der Waals surface area contributed by atoms with Crippen molar-refractivity contribution in [2.24, 2.45) is 4.99 Å². The first-order valence-electron chi connectivity index (χ1n) is 9.74. The zero-order valence-corrected chi connectivity index (χ0v) is 18.1. The lowest BCUT2D eigenvalue weighted by Gasteiger charge is -2.24. The van der Waals surface area contributed by atoms with Gasteiger partial charge in [0.15, 0.2) is 5.96 Å². The molecule has 1 atom stereocenters. The molecule has 0 spiro atoms. The normalized spacial score (nSPS) is 21.6. The molecular formula is C20H33IN4O. The first-order valence-corrected chi connectivity index (χ1v) is 9.74. The Labute approximate surface area is 174 Å². The lowest BCUT2D eigenvalue weighted by atomic mass is 10.1. The molecule has 0 amide bonds. The van der Waals surface area contributed by atoms with Crippen LogP contribution < -0.4 is 10.6 Å².